The third kappa shape index (κ3) is 5.32. The van der Waals surface area contributed by atoms with Gasteiger partial charge in [-0.1, -0.05) is 81.0 Å². The van der Waals surface area contributed by atoms with Crippen molar-refractivity contribution in [2.24, 2.45) is 0 Å². The molecular weight excluding hydrogens is 591 g/mol. The Morgan fingerprint density at radius 1 is 0.449 bits per heavy atom. The van der Waals surface area contributed by atoms with Crippen LogP contribution in [-0.2, 0) is 0 Å². The third-order valence-electron chi connectivity index (χ3n) is 12.1. The van der Waals surface area contributed by atoms with E-state index in [4.69, 9.17) is 0 Å². The molecule has 2 heterocycles. The lowest BCUT2D eigenvalue weighted by Gasteiger charge is -2.44. The minimum Gasteiger partial charge on any atom is -0.311 e. The van der Waals surface area contributed by atoms with Crippen LogP contribution in [0.4, 0.5) is 34.1 Å². The van der Waals surface area contributed by atoms with Crippen LogP contribution in [-0.4, -0.2) is 6.71 Å². The number of fused-ring (bicyclic) bond motifs is 4. The van der Waals surface area contributed by atoms with Crippen LogP contribution in [0.3, 0.4) is 0 Å². The van der Waals surface area contributed by atoms with Crippen LogP contribution < -0.4 is 26.2 Å². The van der Waals surface area contributed by atoms with E-state index in [-0.39, 0.29) is 6.71 Å². The van der Waals surface area contributed by atoms with Crippen molar-refractivity contribution in [3.05, 3.63) is 124 Å². The normalized spacial score (nSPS) is 17.5. The van der Waals surface area contributed by atoms with Gasteiger partial charge in [-0.05, 0) is 164 Å². The van der Waals surface area contributed by atoms with Crippen molar-refractivity contribution in [2.45, 2.75) is 104 Å². The molecule has 4 aliphatic rings. The second-order valence-corrected chi connectivity index (χ2v) is 15.8. The van der Waals surface area contributed by atoms with Crippen LogP contribution >= 0.6 is 0 Å². The van der Waals surface area contributed by atoms with Gasteiger partial charge in [0.05, 0.1) is 0 Å². The number of benzene rings is 5. The Morgan fingerprint density at radius 2 is 0.857 bits per heavy atom. The number of hydrogen-bond donors (Lipinski definition) is 0. The first kappa shape index (κ1) is 30.8. The van der Waals surface area contributed by atoms with E-state index in [2.05, 4.69) is 128 Å². The highest BCUT2D eigenvalue weighted by Gasteiger charge is 2.44. The van der Waals surface area contributed by atoms with E-state index >= 15 is 0 Å². The maximum Gasteiger partial charge on any atom is 0.252 e. The molecule has 0 radical (unpaired) electrons. The Hall–Kier alpha value is -4.24. The van der Waals surface area contributed by atoms with E-state index in [0.717, 1.165) is 0 Å². The maximum atomic E-state index is 2.65. The summed E-state index contributed by atoms with van der Waals surface area (Å²) in [5.74, 6) is 1.32. The molecule has 2 aliphatic heterocycles. The molecule has 0 bridgehead atoms. The van der Waals surface area contributed by atoms with E-state index in [9.17, 15) is 0 Å². The lowest BCUT2D eigenvalue weighted by atomic mass is 9.33. The quantitative estimate of drug-likeness (QED) is 0.177. The molecule has 0 atom stereocenters. The van der Waals surface area contributed by atoms with E-state index in [1.54, 1.807) is 11.1 Å². The number of hydrogen-bond acceptors (Lipinski definition) is 2. The summed E-state index contributed by atoms with van der Waals surface area (Å²) >= 11 is 0. The van der Waals surface area contributed by atoms with Gasteiger partial charge in [0, 0.05) is 34.1 Å². The van der Waals surface area contributed by atoms with Crippen molar-refractivity contribution in [2.75, 3.05) is 9.80 Å². The van der Waals surface area contributed by atoms with Gasteiger partial charge in [-0.15, -0.1) is 0 Å². The number of nitrogens with zero attached hydrogens (tertiary/aromatic N) is 2. The molecule has 3 heteroatoms. The zero-order valence-corrected chi connectivity index (χ0v) is 29.9. The highest BCUT2D eigenvalue weighted by Crippen LogP contribution is 2.46. The van der Waals surface area contributed by atoms with E-state index in [0.29, 0.717) is 11.8 Å². The van der Waals surface area contributed by atoms with Crippen LogP contribution in [0.25, 0.3) is 0 Å². The van der Waals surface area contributed by atoms with Gasteiger partial charge in [0.2, 0.25) is 0 Å². The fourth-order valence-electron chi connectivity index (χ4n) is 10.1. The van der Waals surface area contributed by atoms with E-state index < -0.39 is 0 Å². The second-order valence-electron chi connectivity index (χ2n) is 15.8. The molecule has 9 rings (SSSR count). The maximum absolute atomic E-state index is 2.65. The fraction of sp³-hybridized carbons (Fsp3) is 0.348. The predicted octanol–water partition coefficient (Wildman–Crippen LogP) is 11.1. The van der Waals surface area contributed by atoms with Gasteiger partial charge < -0.3 is 9.80 Å². The van der Waals surface area contributed by atoms with E-state index in [1.807, 2.05) is 0 Å². The molecule has 0 amide bonds. The molecule has 0 N–H and O–H groups in total. The average Bonchev–Trinajstić information content (AvgIpc) is 3.11. The van der Waals surface area contributed by atoms with Gasteiger partial charge >= 0.3 is 0 Å². The summed E-state index contributed by atoms with van der Waals surface area (Å²) in [6, 6.07) is 36.4. The Bertz CT molecular complexity index is 1880. The molecule has 2 aliphatic carbocycles. The van der Waals surface area contributed by atoms with Crippen LogP contribution in [0.1, 0.15) is 109 Å². The van der Waals surface area contributed by atoms with Gasteiger partial charge in [0.25, 0.3) is 6.71 Å². The molecule has 49 heavy (non-hydrogen) atoms. The first-order valence-electron chi connectivity index (χ1n) is 19.1. The number of rotatable bonds is 4. The monoisotopic (exact) mass is 640 g/mol. The molecule has 0 saturated heterocycles. The van der Waals surface area contributed by atoms with Gasteiger partial charge in [0.15, 0.2) is 0 Å². The Labute approximate surface area is 294 Å². The van der Waals surface area contributed by atoms with Crippen LogP contribution in [0, 0.1) is 27.7 Å². The second kappa shape index (κ2) is 12.3. The molecule has 246 valence electrons. The van der Waals surface area contributed by atoms with Crippen molar-refractivity contribution in [3.8, 4) is 0 Å². The molecule has 2 saturated carbocycles. The highest BCUT2D eigenvalue weighted by molar-refractivity contribution is 7.00. The van der Waals surface area contributed by atoms with Gasteiger partial charge in [-0.25, -0.2) is 0 Å². The van der Waals surface area contributed by atoms with Crippen LogP contribution in [0.2, 0.25) is 0 Å². The van der Waals surface area contributed by atoms with Gasteiger partial charge in [-0.3, -0.25) is 0 Å². The molecule has 0 spiro atoms. The third-order valence-corrected chi connectivity index (χ3v) is 12.1. The molecule has 0 aromatic heterocycles. The summed E-state index contributed by atoms with van der Waals surface area (Å²) in [7, 11) is 0. The Balaban J connectivity index is 1.33. The summed E-state index contributed by atoms with van der Waals surface area (Å²) in [5, 5.41) is 0. The standard InChI is InChI=1S/C46H49BN2/c1-30-22-31(2)25-38(24-30)48-42-20-18-36(34-12-7-5-8-13-34)28-40(42)47-41-29-37(35-14-9-6-10-15-35)19-21-43(41)49(39-26-32(3)23-33(4)27-39)45-17-11-16-44(48)46(45)47/h11,16-29,34-35H,5-10,12-15H2,1-4H3. The predicted molar refractivity (Wildman–Crippen MR) is 211 cm³/mol. The average molecular weight is 641 g/mol. The van der Waals surface area contributed by atoms with Crippen molar-refractivity contribution in [3.63, 3.8) is 0 Å². The summed E-state index contributed by atoms with van der Waals surface area (Å²) in [6.45, 7) is 9.14. The fourth-order valence-corrected chi connectivity index (χ4v) is 10.1. The first-order valence-corrected chi connectivity index (χ1v) is 19.1. The minimum absolute atomic E-state index is 0.188. The molecular formula is C46H49BN2. The molecule has 5 aromatic carbocycles. The molecule has 2 fully saturated rings. The topological polar surface area (TPSA) is 6.48 Å². The van der Waals surface area contributed by atoms with Gasteiger partial charge in [0.1, 0.15) is 0 Å². The summed E-state index contributed by atoms with van der Waals surface area (Å²) in [4.78, 5) is 5.18. The number of aryl methyl sites for hydroxylation is 4. The molecule has 0 unspecified atom stereocenters. The largest absolute Gasteiger partial charge is 0.311 e. The van der Waals surface area contributed by atoms with Crippen molar-refractivity contribution >= 4 is 57.2 Å². The Morgan fingerprint density at radius 3 is 1.27 bits per heavy atom. The molecule has 2 nitrogen and oxygen atoms in total. The van der Waals surface area contributed by atoms with Crippen LogP contribution in [0.5, 0.6) is 0 Å². The minimum atomic E-state index is 0.188. The lowest BCUT2D eigenvalue weighted by molar-refractivity contribution is 0.444. The summed E-state index contributed by atoms with van der Waals surface area (Å²) in [6.07, 6.45) is 13.4. The van der Waals surface area contributed by atoms with E-state index in [1.165, 1.54) is 137 Å². The van der Waals surface area contributed by atoms with Crippen LogP contribution in [0.15, 0.2) is 91.0 Å². The van der Waals surface area contributed by atoms with Crippen molar-refractivity contribution in [1.82, 2.24) is 0 Å². The van der Waals surface area contributed by atoms with Crippen molar-refractivity contribution < 1.29 is 0 Å². The molecule has 5 aromatic rings. The number of anilines is 6. The highest BCUT2D eigenvalue weighted by atomic mass is 15.2. The summed E-state index contributed by atoms with van der Waals surface area (Å²) < 4.78 is 0. The van der Waals surface area contributed by atoms with Gasteiger partial charge in [-0.2, -0.15) is 0 Å². The zero-order valence-electron chi connectivity index (χ0n) is 29.9. The first-order chi connectivity index (χ1) is 23.9. The summed E-state index contributed by atoms with van der Waals surface area (Å²) in [5.41, 5.74) is 20.5. The smallest absolute Gasteiger partial charge is 0.252 e. The lowest BCUT2D eigenvalue weighted by Crippen LogP contribution is -2.61. The Kier molecular flexibility index (Phi) is 7.71. The zero-order chi connectivity index (χ0) is 33.2. The SMILES string of the molecule is Cc1cc(C)cc(N2c3ccc(C4CCCCC4)cc3B3c4cc(C5CCCCC5)ccc4N(c4cc(C)cc(C)c4)c4cccc2c43)c1. The van der Waals surface area contributed by atoms with Crippen molar-refractivity contribution in [1.29, 1.82) is 0 Å².